The standard InChI is InChI=1S/C14H29NO2S/c1-3-4-5-6-7-8-9-14-10-12-15(13-11-14)18(2,16)17/h14H,3-13H2,1-2H3. The molecule has 0 amide bonds. The smallest absolute Gasteiger partial charge is 0.211 e. The van der Waals surface area contributed by atoms with Gasteiger partial charge in [0.1, 0.15) is 0 Å². The monoisotopic (exact) mass is 275 g/mol. The minimum atomic E-state index is -2.95. The summed E-state index contributed by atoms with van der Waals surface area (Å²) in [6, 6.07) is 0. The number of nitrogens with zero attached hydrogens (tertiary/aromatic N) is 1. The zero-order valence-corrected chi connectivity index (χ0v) is 12.8. The molecule has 1 fully saturated rings. The van der Waals surface area contributed by atoms with Crippen LogP contribution < -0.4 is 0 Å². The molecule has 0 aromatic rings. The molecule has 0 saturated carbocycles. The predicted octanol–water partition coefficient (Wildman–Crippen LogP) is 3.41. The summed E-state index contributed by atoms with van der Waals surface area (Å²) in [7, 11) is -2.95. The lowest BCUT2D eigenvalue weighted by Gasteiger charge is -2.30. The van der Waals surface area contributed by atoms with Crippen molar-refractivity contribution < 1.29 is 8.42 Å². The summed E-state index contributed by atoms with van der Waals surface area (Å²) >= 11 is 0. The van der Waals surface area contributed by atoms with E-state index in [9.17, 15) is 8.42 Å². The highest BCUT2D eigenvalue weighted by Gasteiger charge is 2.24. The van der Waals surface area contributed by atoms with Crippen LogP contribution in [0.15, 0.2) is 0 Å². The maximum absolute atomic E-state index is 11.4. The molecule has 18 heavy (non-hydrogen) atoms. The number of rotatable bonds is 8. The van der Waals surface area contributed by atoms with E-state index in [0.29, 0.717) is 0 Å². The minimum absolute atomic E-state index is 0.735. The Balaban J connectivity index is 2.06. The Labute approximate surface area is 113 Å². The first-order valence-electron chi connectivity index (χ1n) is 7.49. The number of sulfonamides is 1. The fraction of sp³-hybridized carbons (Fsp3) is 1.00. The molecule has 0 unspecified atom stereocenters. The summed E-state index contributed by atoms with van der Waals surface area (Å²) in [5.74, 6) is 0.758. The lowest BCUT2D eigenvalue weighted by atomic mass is 9.92. The van der Waals surface area contributed by atoms with Crippen LogP contribution in [0.1, 0.15) is 64.7 Å². The van der Waals surface area contributed by atoms with E-state index in [0.717, 1.165) is 31.8 Å². The lowest BCUT2D eigenvalue weighted by Crippen LogP contribution is -2.37. The van der Waals surface area contributed by atoms with Gasteiger partial charge in [0.2, 0.25) is 10.0 Å². The van der Waals surface area contributed by atoms with Crippen LogP contribution in [0.5, 0.6) is 0 Å². The Morgan fingerprint density at radius 2 is 1.56 bits per heavy atom. The van der Waals surface area contributed by atoms with E-state index >= 15 is 0 Å². The lowest BCUT2D eigenvalue weighted by molar-refractivity contribution is 0.260. The van der Waals surface area contributed by atoms with Gasteiger partial charge in [-0.1, -0.05) is 51.9 Å². The molecule has 0 atom stereocenters. The maximum Gasteiger partial charge on any atom is 0.211 e. The first-order valence-corrected chi connectivity index (χ1v) is 9.34. The van der Waals surface area contributed by atoms with Crippen molar-refractivity contribution in [1.29, 1.82) is 0 Å². The Kier molecular flexibility index (Phi) is 7.23. The molecule has 0 spiro atoms. The summed E-state index contributed by atoms with van der Waals surface area (Å²) in [4.78, 5) is 0. The summed E-state index contributed by atoms with van der Waals surface area (Å²) in [5.41, 5.74) is 0. The molecule has 1 rings (SSSR count). The Hall–Kier alpha value is -0.0900. The molecule has 0 aliphatic carbocycles. The topological polar surface area (TPSA) is 37.4 Å². The van der Waals surface area contributed by atoms with E-state index in [1.807, 2.05) is 0 Å². The molecular formula is C14H29NO2S. The van der Waals surface area contributed by atoms with Gasteiger partial charge in [-0.05, 0) is 18.8 Å². The normalized spacial score (nSPS) is 19.2. The summed E-state index contributed by atoms with van der Waals surface area (Å²) in [6.45, 7) is 3.72. The number of hydrogen-bond donors (Lipinski definition) is 0. The van der Waals surface area contributed by atoms with Gasteiger partial charge in [0.05, 0.1) is 6.26 Å². The van der Waals surface area contributed by atoms with Crippen molar-refractivity contribution in [3.05, 3.63) is 0 Å². The van der Waals surface area contributed by atoms with Gasteiger partial charge >= 0.3 is 0 Å². The highest BCUT2D eigenvalue weighted by molar-refractivity contribution is 7.88. The zero-order chi connectivity index (χ0) is 13.4. The van der Waals surface area contributed by atoms with Gasteiger partial charge in [-0.25, -0.2) is 12.7 Å². The molecule has 0 bridgehead atoms. The second kappa shape index (κ2) is 8.16. The molecule has 0 aromatic carbocycles. The summed E-state index contributed by atoms with van der Waals surface area (Å²) in [6.07, 6.45) is 12.8. The first-order chi connectivity index (χ1) is 8.54. The Bertz CT molecular complexity index is 306. The summed E-state index contributed by atoms with van der Waals surface area (Å²) in [5, 5.41) is 0. The molecule has 108 valence electrons. The van der Waals surface area contributed by atoms with E-state index in [-0.39, 0.29) is 0 Å². The van der Waals surface area contributed by atoms with Crippen LogP contribution in [0.25, 0.3) is 0 Å². The molecule has 0 radical (unpaired) electrons. The quantitative estimate of drug-likeness (QED) is 0.637. The van der Waals surface area contributed by atoms with Gasteiger partial charge in [0.25, 0.3) is 0 Å². The van der Waals surface area contributed by atoms with Gasteiger partial charge in [0.15, 0.2) is 0 Å². The van der Waals surface area contributed by atoms with Crippen molar-refractivity contribution in [1.82, 2.24) is 4.31 Å². The van der Waals surface area contributed by atoms with Crippen LogP contribution in [0, 0.1) is 5.92 Å². The molecule has 1 saturated heterocycles. The van der Waals surface area contributed by atoms with Crippen molar-refractivity contribution in [2.24, 2.45) is 5.92 Å². The Morgan fingerprint density at radius 1 is 1.00 bits per heavy atom. The molecule has 3 nitrogen and oxygen atoms in total. The van der Waals surface area contributed by atoms with Crippen molar-refractivity contribution in [3.63, 3.8) is 0 Å². The van der Waals surface area contributed by atoms with Crippen molar-refractivity contribution >= 4 is 10.0 Å². The van der Waals surface area contributed by atoms with Crippen LogP contribution >= 0.6 is 0 Å². The molecular weight excluding hydrogens is 246 g/mol. The second-order valence-corrected chi connectivity index (χ2v) is 7.64. The van der Waals surface area contributed by atoms with Gasteiger partial charge < -0.3 is 0 Å². The van der Waals surface area contributed by atoms with Crippen LogP contribution in [0.4, 0.5) is 0 Å². The second-order valence-electron chi connectivity index (χ2n) is 5.66. The molecule has 1 aliphatic rings. The minimum Gasteiger partial charge on any atom is -0.213 e. The Morgan fingerprint density at radius 3 is 2.11 bits per heavy atom. The number of piperidine rings is 1. The molecule has 1 heterocycles. The van der Waals surface area contributed by atoms with Crippen LogP contribution in [0.2, 0.25) is 0 Å². The van der Waals surface area contributed by atoms with Crippen molar-refractivity contribution in [2.75, 3.05) is 19.3 Å². The molecule has 4 heteroatoms. The third-order valence-electron chi connectivity index (χ3n) is 4.01. The third-order valence-corrected chi connectivity index (χ3v) is 5.31. The molecule has 1 aliphatic heterocycles. The van der Waals surface area contributed by atoms with E-state index in [1.165, 1.54) is 51.2 Å². The van der Waals surface area contributed by atoms with Crippen molar-refractivity contribution in [3.8, 4) is 0 Å². The van der Waals surface area contributed by atoms with Crippen LogP contribution in [-0.2, 0) is 10.0 Å². The predicted molar refractivity (Wildman–Crippen MR) is 77.1 cm³/mol. The highest BCUT2D eigenvalue weighted by atomic mass is 32.2. The first kappa shape index (κ1) is 16.0. The average Bonchev–Trinajstić information content (AvgIpc) is 2.33. The highest BCUT2D eigenvalue weighted by Crippen LogP contribution is 2.24. The summed E-state index contributed by atoms with van der Waals surface area (Å²) < 4.78 is 24.4. The van der Waals surface area contributed by atoms with E-state index < -0.39 is 10.0 Å². The van der Waals surface area contributed by atoms with E-state index in [4.69, 9.17) is 0 Å². The third kappa shape index (κ3) is 6.19. The zero-order valence-electron chi connectivity index (χ0n) is 12.0. The van der Waals surface area contributed by atoms with Gasteiger partial charge in [-0.15, -0.1) is 0 Å². The average molecular weight is 275 g/mol. The SMILES string of the molecule is CCCCCCCCC1CCN(S(C)(=O)=O)CC1. The largest absolute Gasteiger partial charge is 0.213 e. The van der Waals surface area contributed by atoms with E-state index in [1.54, 1.807) is 4.31 Å². The van der Waals surface area contributed by atoms with Crippen molar-refractivity contribution in [2.45, 2.75) is 64.7 Å². The van der Waals surface area contributed by atoms with Gasteiger partial charge in [-0.2, -0.15) is 0 Å². The van der Waals surface area contributed by atoms with Gasteiger partial charge in [-0.3, -0.25) is 0 Å². The van der Waals surface area contributed by atoms with Crippen LogP contribution in [-0.4, -0.2) is 32.1 Å². The number of hydrogen-bond acceptors (Lipinski definition) is 2. The van der Waals surface area contributed by atoms with E-state index in [2.05, 4.69) is 6.92 Å². The fourth-order valence-electron chi connectivity index (χ4n) is 2.74. The maximum atomic E-state index is 11.4. The van der Waals surface area contributed by atoms with Crippen LogP contribution in [0.3, 0.4) is 0 Å². The fourth-order valence-corrected chi connectivity index (χ4v) is 3.62. The molecule has 0 aromatic heterocycles. The molecule has 0 N–H and O–H groups in total. The van der Waals surface area contributed by atoms with Gasteiger partial charge in [0, 0.05) is 13.1 Å². The number of unbranched alkanes of at least 4 members (excludes halogenated alkanes) is 5.